The van der Waals surface area contributed by atoms with Gasteiger partial charge in [0.1, 0.15) is 5.75 Å². The number of rotatable bonds is 2. The topological polar surface area (TPSA) is 50.5 Å². The molecule has 0 aliphatic heterocycles. The summed E-state index contributed by atoms with van der Waals surface area (Å²) in [6.45, 7) is 5.86. The second-order valence-electron chi connectivity index (χ2n) is 7.53. The highest BCUT2D eigenvalue weighted by molar-refractivity contribution is 7.80. The van der Waals surface area contributed by atoms with E-state index in [4.69, 9.17) is 17.5 Å². The van der Waals surface area contributed by atoms with Crippen molar-refractivity contribution in [1.29, 1.82) is 5.26 Å². The molecular weight excluding hydrogens is 399 g/mol. The van der Waals surface area contributed by atoms with Gasteiger partial charge in [0.25, 0.3) is 0 Å². The number of benzene rings is 1. The average molecular weight is 421 g/mol. The fraction of sp³-hybridized carbons (Fsp3) is 0.333. The summed E-state index contributed by atoms with van der Waals surface area (Å²) in [7, 11) is 1.67. The van der Waals surface area contributed by atoms with Gasteiger partial charge in [-0.05, 0) is 75.8 Å². The van der Waals surface area contributed by atoms with Crippen LogP contribution in [-0.2, 0) is 0 Å². The molecule has 0 unspecified atom stereocenters. The minimum atomic E-state index is -4.58. The van der Waals surface area contributed by atoms with Crippen molar-refractivity contribution in [3.05, 3.63) is 59.3 Å². The lowest BCUT2D eigenvalue weighted by atomic mass is 10.1. The molecule has 1 aromatic rings. The largest absolute Gasteiger partial charge is 0.508 e. The number of allylic oxidation sites excluding steroid dienone is 5. The Morgan fingerprint density at radius 1 is 1.14 bits per heavy atom. The number of nitrogens with zero attached hydrogens (tertiary/aromatic N) is 3. The summed E-state index contributed by atoms with van der Waals surface area (Å²) in [5.74, 6) is 0.117. The average Bonchev–Trinajstić information content (AvgIpc) is 2.84. The van der Waals surface area contributed by atoms with E-state index in [9.17, 15) is 18.3 Å². The zero-order valence-electron chi connectivity index (χ0n) is 16.6. The molecule has 0 heterocycles. The Morgan fingerprint density at radius 2 is 1.72 bits per heavy atom. The number of alkyl halides is 3. The fourth-order valence-electron chi connectivity index (χ4n) is 2.92. The number of hydrogen-bond donors (Lipinski definition) is 1. The van der Waals surface area contributed by atoms with Crippen molar-refractivity contribution in [2.24, 2.45) is 0 Å². The zero-order valence-corrected chi connectivity index (χ0v) is 17.4. The van der Waals surface area contributed by atoms with Gasteiger partial charge in [-0.1, -0.05) is 6.08 Å². The van der Waals surface area contributed by atoms with Crippen molar-refractivity contribution in [3.63, 3.8) is 0 Å². The Balaban J connectivity index is 2.39. The van der Waals surface area contributed by atoms with E-state index >= 15 is 0 Å². The highest BCUT2D eigenvalue weighted by Gasteiger charge is 2.36. The molecule has 29 heavy (non-hydrogen) atoms. The summed E-state index contributed by atoms with van der Waals surface area (Å²) in [5.41, 5.74) is -0.539. The third-order valence-corrected chi connectivity index (χ3v) is 4.82. The van der Waals surface area contributed by atoms with E-state index in [2.05, 4.69) is 0 Å². The van der Waals surface area contributed by atoms with E-state index < -0.39 is 29.3 Å². The van der Waals surface area contributed by atoms with Crippen LogP contribution in [0.2, 0.25) is 0 Å². The number of halogens is 3. The molecule has 1 aliphatic carbocycles. The van der Waals surface area contributed by atoms with Crippen LogP contribution in [0.5, 0.6) is 5.75 Å². The van der Waals surface area contributed by atoms with Gasteiger partial charge in [-0.25, -0.2) is 0 Å². The van der Waals surface area contributed by atoms with Crippen LogP contribution < -0.4 is 4.90 Å². The standard InChI is InChI=1S/C21H22F3N3OS/c1-20(2,3)27(16-7-10-17(28)11-8-16)19(29)26(4)15-6-5-14(13-25)18(12-9-15)21(22,23)24/h5-11,28H,12H2,1-4H3. The number of anilines is 1. The van der Waals surface area contributed by atoms with Gasteiger partial charge in [-0.15, -0.1) is 0 Å². The van der Waals surface area contributed by atoms with Gasteiger partial charge in [-0.2, -0.15) is 18.4 Å². The van der Waals surface area contributed by atoms with Crippen LogP contribution in [-0.4, -0.2) is 33.9 Å². The van der Waals surface area contributed by atoms with Crippen LogP contribution in [0.15, 0.2) is 59.3 Å². The number of thiocarbonyl (C=S) groups is 1. The number of nitriles is 1. The van der Waals surface area contributed by atoms with Crippen LogP contribution in [0.25, 0.3) is 0 Å². The molecular formula is C21H22F3N3OS. The molecule has 1 aliphatic rings. The Bertz CT molecular complexity index is 916. The second kappa shape index (κ2) is 8.29. The van der Waals surface area contributed by atoms with Crippen LogP contribution in [0.4, 0.5) is 18.9 Å². The minimum Gasteiger partial charge on any atom is -0.508 e. The first-order valence-corrected chi connectivity index (χ1v) is 9.22. The van der Waals surface area contributed by atoms with Crippen LogP contribution in [0, 0.1) is 11.3 Å². The first-order valence-electron chi connectivity index (χ1n) is 8.82. The zero-order chi connectivity index (χ0) is 22.0. The highest BCUT2D eigenvalue weighted by Crippen LogP contribution is 2.34. The summed E-state index contributed by atoms with van der Waals surface area (Å²) in [6, 6.07) is 8.14. The Hall–Kier alpha value is -2.79. The Morgan fingerprint density at radius 3 is 2.21 bits per heavy atom. The van der Waals surface area contributed by atoms with Gasteiger partial charge >= 0.3 is 6.18 Å². The smallest absolute Gasteiger partial charge is 0.414 e. The molecule has 8 heteroatoms. The van der Waals surface area contributed by atoms with Gasteiger partial charge < -0.3 is 14.9 Å². The van der Waals surface area contributed by atoms with Crippen molar-refractivity contribution >= 4 is 23.0 Å². The van der Waals surface area contributed by atoms with Crippen LogP contribution in [0.1, 0.15) is 27.2 Å². The molecule has 0 amide bonds. The maximum Gasteiger partial charge on any atom is 0.414 e. The van der Waals surface area contributed by atoms with Crippen molar-refractivity contribution in [1.82, 2.24) is 4.90 Å². The van der Waals surface area contributed by atoms with Crippen molar-refractivity contribution in [3.8, 4) is 11.8 Å². The lowest BCUT2D eigenvalue weighted by Gasteiger charge is -2.41. The monoisotopic (exact) mass is 421 g/mol. The van der Waals surface area contributed by atoms with Crippen molar-refractivity contribution < 1.29 is 18.3 Å². The van der Waals surface area contributed by atoms with Gasteiger partial charge in [-0.3, -0.25) is 0 Å². The molecule has 0 saturated heterocycles. The Kier molecular flexibility index (Phi) is 6.43. The van der Waals surface area contributed by atoms with E-state index in [-0.39, 0.29) is 5.75 Å². The van der Waals surface area contributed by atoms with Gasteiger partial charge in [0.2, 0.25) is 0 Å². The van der Waals surface area contributed by atoms with Crippen molar-refractivity contribution in [2.75, 3.05) is 11.9 Å². The molecule has 0 spiro atoms. The van der Waals surface area contributed by atoms with E-state index in [1.807, 2.05) is 25.7 Å². The molecule has 0 aromatic heterocycles. The second-order valence-corrected chi connectivity index (χ2v) is 7.90. The predicted molar refractivity (Wildman–Crippen MR) is 111 cm³/mol. The van der Waals surface area contributed by atoms with Gasteiger partial charge in [0, 0.05) is 24.0 Å². The molecule has 0 bridgehead atoms. The normalized spacial score (nSPS) is 14.8. The van der Waals surface area contributed by atoms with Crippen LogP contribution >= 0.6 is 12.2 Å². The highest BCUT2D eigenvalue weighted by atomic mass is 32.1. The number of hydrogen-bond acceptors (Lipinski definition) is 3. The lowest BCUT2D eigenvalue weighted by Crippen LogP contribution is -2.50. The number of likely N-dealkylation sites (N-methyl/N-ethyl adjacent to an activating group) is 1. The van der Waals surface area contributed by atoms with E-state index in [0.29, 0.717) is 10.8 Å². The van der Waals surface area contributed by atoms with Gasteiger partial charge in [0.15, 0.2) is 5.11 Å². The maximum absolute atomic E-state index is 13.2. The number of phenolic OH excluding ortho intramolecular Hbond substituents is 1. The molecule has 0 fully saturated rings. The quantitative estimate of drug-likeness (QED) is 0.645. The molecule has 0 atom stereocenters. The lowest BCUT2D eigenvalue weighted by molar-refractivity contribution is -0.0933. The summed E-state index contributed by atoms with van der Waals surface area (Å²) in [5, 5.41) is 19.0. The maximum atomic E-state index is 13.2. The summed E-state index contributed by atoms with van der Waals surface area (Å²) in [6.07, 6.45) is -0.960. The third kappa shape index (κ3) is 5.18. The van der Waals surface area contributed by atoms with Crippen molar-refractivity contribution in [2.45, 2.75) is 38.9 Å². The van der Waals surface area contributed by atoms with E-state index in [1.165, 1.54) is 18.2 Å². The third-order valence-electron chi connectivity index (χ3n) is 4.37. The summed E-state index contributed by atoms with van der Waals surface area (Å²) < 4.78 is 39.7. The first-order chi connectivity index (χ1) is 13.4. The van der Waals surface area contributed by atoms with E-state index in [0.717, 1.165) is 5.69 Å². The molecule has 1 aromatic carbocycles. The molecule has 0 saturated carbocycles. The number of aromatic hydroxyl groups is 1. The first kappa shape index (κ1) is 22.5. The predicted octanol–water partition coefficient (Wildman–Crippen LogP) is 5.44. The Labute approximate surface area is 173 Å². The summed E-state index contributed by atoms with van der Waals surface area (Å²) >= 11 is 5.66. The molecule has 154 valence electrons. The molecule has 0 radical (unpaired) electrons. The number of phenols is 1. The van der Waals surface area contributed by atoms with E-state index in [1.54, 1.807) is 42.3 Å². The molecule has 4 nitrogen and oxygen atoms in total. The fourth-order valence-corrected chi connectivity index (χ4v) is 3.41. The van der Waals surface area contributed by atoms with Gasteiger partial charge in [0.05, 0.1) is 17.2 Å². The van der Waals surface area contributed by atoms with Crippen LogP contribution in [0.3, 0.4) is 0 Å². The minimum absolute atomic E-state index is 0.117. The SMILES string of the molecule is CN(C(=S)N(c1ccc(O)cc1)C(C)(C)C)C1=CCC(C(F)(F)F)=C(C#N)C=C1. The molecule has 2 rings (SSSR count). The molecule has 1 N–H and O–H groups in total. The summed E-state index contributed by atoms with van der Waals surface area (Å²) in [4.78, 5) is 3.46.